The molecule has 0 aliphatic carbocycles. The summed E-state index contributed by atoms with van der Waals surface area (Å²) in [5, 5.41) is 0. The lowest BCUT2D eigenvalue weighted by molar-refractivity contribution is 0.125. The van der Waals surface area contributed by atoms with Crippen LogP contribution in [0.4, 0.5) is 11.5 Å². The quantitative estimate of drug-likeness (QED) is 0.929. The molecular weight excluding hydrogens is 254 g/mol. The zero-order valence-electron chi connectivity index (χ0n) is 12.4. The van der Waals surface area contributed by atoms with Gasteiger partial charge in [-0.2, -0.15) is 4.98 Å². The van der Waals surface area contributed by atoms with E-state index < -0.39 is 0 Å². The summed E-state index contributed by atoms with van der Waals surface area (Å²) in [5.41, 5.74) is 7.21. The van der Waals surface area contributed by atoms with Gasteiger partial charge in [-0.3, -0.25) is 0 Å². The number of nitrogen functional groups attached to an aromatic ring is 1. The first-order valence-electron chi connectivity index (χ1n) is 6.53. The van der Waals surface area contributed by atoms with Gasteiger partial charge < -0.3 is 19.8 Å². The third kappa shape index (κ3) is 3.66. The van der Waals surface area contributed by atoms with Crippen LogP contribution in [0.15, 0.2) is 35.1 Å². The van der Waals surface area contributed by atoms with Crippen molar-refractivity contribution in [1.29, 1.82) is 0 Å². The molecule has 0 amide bonds. The molecule has 2 aromatic rings. The van der Waals surface area contributed by atoms with Crippen LogP contribution in [0.1, 0.15) is 26.3 Å². The molecule has 0 saturated carbocycles. The number of hydrogen-bond donors (Lipinski definition) is 1. The van der Waals surface area contributed by atoms with Crippen LogP contribution in [-0.4, -0.2) is 17.6 Å². The molecule has 0 fully saturated rings. The zero-order chi connectivity index (χ0) is 14.8. The number of nitrogens with two attached hydrogens (primary N) is 1. The highest BCUT2D eigenvalue weighted by atomic mass is 16.5. The second-order valence-corrected chi connectivity index (χ2v) is 5.77. The molecule has 2 aromatic heterocycles. The fourth-order valence-corrected chi connectivity index (χ4v) is 1.76. The number of hydrogen-bond acceptors (Lipinski definition) is 5. The van der Waals surface area contributed by atoms with E-state index in [1.54, 1.807) is 12.5 Å². The van der Waals surface area contributed by atoms with Gasteiger partial charge in [0, 0.05) is 19.2 Å². The highest BCUT2D eigenvalue weighted by Gasteiger charge is 2.16. The second kappa shape index (κ2) is 5.45. The van der Waals surface area contributed by atoms with E-state index in [1.165, 1.54) is 0 Å². The van der Waals surface area contributed by atoms with Crippen molar-refractivity contribution in [2.24, 2.45) is 0 Å². The Balaban J connectivity index is 2.18. The molecular formula is C15H21N3O2. The normalized spacial score (nSPS) is 11.4. The van der Waals surface area contributed by atoms with Gasteiger partial charge in [0.05, 0.1) is 18.2 Å². The Kier molecular flexibility index (Phi) is 3.88. The Bertz CT molecular complexity index is 559. The maximum Gasteiger partial charge on any atom is 0.239 e. The first kappa shape index (κ1) is 14.2. The molecule has 0 unspecified atom stereocenters. The molecule has 0 saturated heterocycles. The summed E-state index contributed by atoms with van der Waals surface area (Å²) in [4.78, 5) is 6.50. The lowest BCUT2D eigenvalue weighted by Gasteiger charge is -2.23. The molecule has 0 atom stereocenters. The Morgan fingerprint density at radius 1 is 1.30 bits per heavy atom. The maximum absolute atomic E-state index is 5.91. The van der Waals surface area contributed by atoms with Crippen LogP contribution < -0.4 is 15.4 Å². The van der Waals surface area contributed by atoms with Crippen LogP contribution >= 0.6 is 0 Å². The molecule has 2 heterocycles. The van der Waals surface area contributed by atoms with Gasteiger partial charge in [0.2, 0.25) is 5.88 Å². The van der Waals surface area contributed by atoms with Crippen LogP contribution in [0.2, 0.25) is 0 Å². The van der Waals surface area contributed by atoms with Gasteiger partial charge in [-0.05, 0) is 39.0 Å². The summed E-state index contributed by atoms with van der Waals surface area (Å²) in [6, 6.07) is 5.63. The van der Waals surface area contributed by atoms with Gasteiger partial charge in [0.25, 0.3) is 0 Å². The molecule has 0 aromatic carbocycles. The minimum absolute atomic E-state index is 0.330. The fourth-order valence-electron chi connectivity index (χ4n) is 1.76. The van der Waals surface area contributed by atoms with E-state index in [2.05, 4.69) is 4.98 Å². The molecule has 0 radical (unpaired) electrons. The molecule has 2 rings (SSSR count). The molecule has 0 aliphatic rings. The van der Waals surface area contributed by atoms with Crippen molar-refractivity contribution in [1.82, 2.24) is 4.98 Å². The maximum atomic E-state index is 5.91. The molecule has 0 spiro atoms. The van der Waals surface area contributed by atoms with Gasteiger partial charge in [-0.1, -0.05) is 0 Å². The Hall–Kier alpha value is -2.17. The van der Waals surface area contributed by atoms with Gasteiger partial charge in [-0.25, -0.2) is 0 Å². The van der Waals surface area contributed by atoms with Crippen molar-refractivity contribution in [3.05, 3.63) is 36.3 Å². The smallest absolute Gasteiger partial charge is 0.239 e. The monoisotopic (exact) mass is 275 g/mol. The second-order valence-electron chi connectivity index (χ2n) is 5.77. The number of ether oxygens (including phenoxy) is 1. The Morgan fingerprint density at radius 3 is 2.65 bits per heavy atom. The average molecular weight is 275 g/mol. The zero-order valence-corrected chi connectivity index (χ0v) is 12.4. The summed E-state index contributed by atoms with van der Waals surface area (Å²) in [6.07, 6.45) is 3.38. The van der Waals surface area contributed by atoms with Crippen molar-refractivity contribution in [3.63, 3.8) is 0 Å². The van der Waals surface area contributed by atoms with Gasteiger partial charge in [-0.15, -0.1) is 0 Å². The minimum atomic E-state index is -0.330. The van der Waals surface area contributed by atoms with E-state index in [0.717, 1.165) is 11.4 Å². The molecule has 2 N–H and O–H groups in total. The Labute approximate surface area is 119 Å². The number of furan rings is 1. The lowest BCUT2D eigenvalue weighted by Crippen LogP contribution is -2.25. The number of nitrogens with zero attached hydrogens (tertiary/aromatic N) is 2. The SMILES string of the molecule is CN(Cc1ccoc1)c1ccc(N)c(OC(C)(C)C)n1. The van der Waals surface area contributed by atoms with Crippen LogP contribution in [-0.2, 0) is 6.54 Å². The fraction of sp³-hybridized carbons (Fsp3) is 0.400. The number of aromatic nitrogens is 1. The van der Waals surface area contributed by atoms with E-state index in [-0.39, 0.29) is 5.60 Å². The predicted octanol–water partition coefficient (Wildman–Crippen LogP) is 3.07. The van der Waals surface area contributed by atoms with E-state index in [0.29, 0.717) is 18.1 Å². The highest BCUT2D eigenvalue weighted by Crippen LogP contribution is 2.26. The van der Waals surface area contributed by atoms with E-state index in [1.807, 2.05) is 50.9 Å². The molecule has 108 valence electrons. The van der Waals surface area contributed by atoms with Crippen molar-refractivity contribution in [2.75, 3.05) is 17.7 Å². The number of pyridine rings is 1. The van der Waals surface area contributed by atoms with Crippen molar-refractivity contribution in [3.8, 4) is 5.88 Å². The van der Waals surface area contributed by atoms with E-state index in [4.69, 9.17) is 14.9 Å². The van der Waals surface area contributed by atoms with Gasteiger partial charge in [0.15, 0.2) is 0 Å². The van der Waals surface area contributed by atoms with Crippen molar-refractivity contribution >= 4 is 11.5 Å². The summed E-state index contributed by atoms with van der Waals surface area (Å²) >= 11 is 0. The number of rotatable bonds is 4. The molecule has 0 aliphatic heterocycles. The lowest BCUT2D eigenvalue weighted by atomic mass is 10.2. The van der Waals surface area contributed by atoms with Crippen LogP contribution in [0.25, 0.3) is 0 Å². The molecule has 20 heavy (non-hydrogen) atoms. The van der Waals surface area contributed by atoms with Crippen LogP contribution in [0.3, 0.4) is 0 Å². The van der Waals surface area contributed by atoms with Crippen molar-refractivity contribution < 1.29 is 9.15 Å². The summed E-state index contributed by atoms with van der Waals surface area (Å²) in [7, 11) is 1.96. The summed E-state index contributed by atoms with van der Waals surface area (Å²) < 4.78 is 10.8. The third-order valence-corrected chi connectivity index (χ3v) is 2.67. The predicted molar refractivity (Wildman–Crippen MR) is 79.8 cm³/mol. The summed E-state index contributed by atoms with van der Waals surface area (Å²) in [6.45, 7) is 6.62. The average Bonchev–Trinajstić information content (AvgIpc) is 2.83. The number of anilines is 2. The van der Waals surface area contributed by atoms with E-state index >= 15 is 0 Å². The minimum Gasteiger partial charge on any atom is -0.472 e. The first-order valence-corrected chi connectivity index (χ1v) is 6.53. The standard InChI is InChI=1S/C15H21N3O2/c1-15(2,3)20-14-12(16)5-6-13(17-14)18(4)9-11-7-8-19-10-11/h5-8,10H,9,16H2,1-4H3. The molecule has 5 heteroatoms. The largest absolute Gasteiger partial charge is 0.472 e. The van der Waals surface area contributed by atoms with Gasteiger partial charge >= 0.3 is 0 Å². The van der Waals surface area contributed by atoms with Crippen LogP contribution in [0.5, 0.6) is 5.88 Å². The molecule has 0 bridgehead atoms. The molecule has 5 nitrogen and oxygen atoms in total. The topological polar surface area (TPSA) is 64.5 Å². The Morgan fingerprint density at radius 2 is 2.05 bits per heavy atom. The van der Waals surface area contributed by atoms with Crippen molar-refractivity contribution in [2.45, 2.75) is 32.9 Å². The highest BCUT2D eigenvalue weighted by molar-refractivity contribution is 5.54. The summed E-state index contributed by atoms with van der Waals surface area (Å²) in [5.74, 6) is 1.27. The van der Waals surface area contributed by atoms with E-state index in [9.17, 15) is 0 Å². The first-order chi connectivity index (χ1) is 9.35. The van der Waals surface area contributed by atoms with Gasteiger partial charge in [0.1, 0.15) is 11.4 Å². The van der Waals surface area contributed by atoms with Crippen LogP contribution in [0, 0.1) is 0 Å². The third-order valence-electron chi connectivity index (χ3n) is 2.67.